The molecule has 1 aliphatic heterocycles. The summed E-state index contributed by atoms with van der Waals surface area (Å²) < 4.78 is 10.8. The highest BCUT2D eigenvalue weighted by Gasteiger charge is 2.21. The van der Waals surface area contributed by atoms with Crippen LogP contribution in [0.2, 0.25) is 0 Å². The third-order valence-corrected chi connectivity index (χ3v) is 3.45. The van der Waals surface area contributed by atoms with E-state index in [-0.39, 0.29) is 11.7 Å². The van der Waals surface area contributed by atoms with Gasteiger partial charge in [0.05, 0.1) is 13.4 Å². The van der Waals surface area contributed by atoms with Gasteiger partial charge in [0.2, 0.25) is 0 Å². The van der Waals surface area contributed by atoms with Crippen LogP contribution in [0.3, 0.4) is 0 Å². The van der Waals surface area contributed by atoms with Crippen LogP contribution >= 0.6 is 0 Å². The highest BCUT2D eigenvalue weighted by molar-refractivity contribution is 5.94. The molecular weight excluding hydrogens is 268 g/mol. The Kier molecular flexibility index (Phi) is 3.36. The highest BCUT2D eigenvalue weighted by Crippen LogP contribution is 2.34. The molecule has 4 nitrogen and oxygen atoms in total. The van der Waals surface area contributed by atoms with Crippen molar-refractivity contribution in [2.45, 2.75) is 6.10 Å². The molecule has 4 heteroatoms. The van der Waals surface area contributed by atoms with Crippen molar-refractivity contribution in [3.63, 3.8) is 0 Å². The van der Waals surface area contributed by atoms with Gasteiger partial charge in [-0.2, -0.15) is 0 Å². The first kappa shape index (κ1) is 13.2. The number of aromatic carboxylic acids is 1. The van der Waals surface area contributed by atoms with Crippen molar-refractivity contribution < 1.29 is 19.4 Å². The number of para-hydroxylation sites is 1. The molecule has 1 heterocycles. The van der Waals surface area contributed by atoms with E-state index in [1.807, 2.05) is 36.4 Å². The van der Waals surface area contributed by atoms with E-state index in [2.05, 4.69) is 0 Å². The maximum Gasteiger partial charge on any atom is 0.339 e. The van der Waals surface area contributed by atoms with Crippen LogP contribution in [-0.4, -0.2) is 24.3 Å². The normalized spacial score (nSPS) is 19.2. The van der Waals surface area contributed by atoms with Crippen LogP contribution < -0.4 is 4.74 Å². The summed E-state index contributed by atoms with van der Waals surface area (Å²) in [6, 6.07) is 5.10. The SMILES string of the molecule is COc1c(C(=O)O)cccc1C1=CC2=CC=COC2C=C1. The summed E-state index contributed by atoms with van der Waals surface area (Å²) in [5, 5.41) is 9.25. The lowest BCUT2D eigenvalue weighted by atomic mass is 9.92. The minimum atomic E-state index is -1.00. The zero-order chi connectivity index (χ0) is 14.8. The zero-order valence-electron chi connectivity index (χ0n) is 11.4. The smallest absolute Gasteiger partial charge is 0.339 e. The highest BCUT2D eigenvalue weighted by atomic mass is 16.5. The number of ether oxygens (including phenoxy) is 2. The quantitative estimate of drug-likeness (QED) is 0.925. The molecule has 0 radical (unpaired) electrons. The van der Waals surface area contributed by atoms with Gasteiger partial charge in [0.15, 0.2) is 0 Å². The third kappa shape index (κ3) is 2.36. The fourth-order valence-corrected chi connectivity index (χ4v) is 2.48. The lowest BCUT2D eigenvalue weighted by Gasteiger charge is -2.22. The van der Waals surface area contributed by atoms with E-state index in [4.69, 9.17) is 9.47 Å². The minimum Gasteiger partial charge on any atom is -0.495 e. The number of methoxy groups -OCH3 is 1. The van der Waals surface area contributed by atoms with Crippen LogP contribution in [-0.2, 0) is 4.74 Å². The van der Waals surface area contributed by atoms with Crippen molar-refractivity contribution in [3.8, 4) is 5.75 Å². The fourth-order valence-electron chi connectivity index (χ4n) is 2.48. The number of fused-ring (bicyclic) bond motifs is 1. The first-order valence-electron chi connectivity index (χ1n) is 6.53. The van der Waals surface area contributed by atoms with E-state index >= 15 is 0 Å². The number of rotatable bonds is 3. The molecule has 0 spiro atoms. The molecule has 1 aromatic carbocycles. The van der Waals surface area contributed by atoms with Crippen LogP contribution in [0, 0.1) is 0 Å². The van der Waals surface area contributed by atoms with Gasteiger partial charge in [-0.05, 0) is 35.4 Å². The summed E-state index contributed by atoms with van der Waals surface area (Å²) in [7, 11) is 1.48. The van der Waals surface area contributed by atoms with Gasteiger partial charge in [0.1, 0.15) is 17.4 Å². The van der Waals surface area contributed by atoms with Crippen molar-refractivity contribution in [3.05, 3.63) is 71.5 Å². The number of allylic oxidation sites excluding steroid dienone is 4. The third-order valence-electron chi connectivity index (χ3n) is 3.45. The number of hydrogen-bond donors (Lipinski definition) is 1. The van der Waals surface area contributed by atoms with Gasteiger partial charge < -0.3 is 14.6 Å². The Morgan fingerprint density at radius 3 is 3.00 bits per heavy atom. The molecule has 21 heavy (non-hydrogen) atoms. The van der Waals surface area contributed by atoms with Gasteiger partial charge in [0, 0.05) is 5.56 Å². The van der Waals surface area contributed by atoms with Gasteiger partial charge in [-0.3, -0.25) is 0 Å². The predicted molar refractivity (Wildman–Crippen MR) is 79.2 cm³/mol. The Bertz CT molecular complexity index is 708. The van der Waals surface area contributed by atoms with E-state index in [0.717, 1.165) is 16.7 Å². The van der Waals surface area contributed by atoms with Crippen LogP contribution in [0.5, 0.6) is 5.75 Å². The summed E-state index contributed by atoms with van der Waals surface area (Å²) in [5.74, 6) is -0.637. The molecule has 1 N–H and O–H groups in total. The summed E-state index contributed by atoms with van der Waals surface area (Å²) in [4.78, 5) is 11.3. The molecule has 3 rings (SSSR count). The lowest BCUT2D eigenvalue weighted by Crippen LogP contribution is -2.14. The molecule has 1 atom stereocenters. The summed E-state index contributed by atoms with van der Waals surface area (Å²) >= 11 is 0. The molecule has 0 saturated carbocycles. The first-order chi connectivity index (χ1) is 10.2. The second kappa shape index (κ2) is 5.32. The maximum atomic E-state index is 11.3. The Morgan fingerprint density at radius 1 is 1.38 bits per heavy atom. The van der Waals surface area contributed by atoms with Gasteiger partial charge in [-0.1, -0.05) is 24.3 Å². The molecule has 0 amide bonds. The van der Waals surface area contributed by atoms with Gasteiger partial charge in [0.25, 0.3) is 0 Å². The van der Waals surface area contributed by atoms with Gasteiger partial charge >= 0.3 is 5.97 Å². The van der Waals surface area contributed by atoms with Crippen LogP contribution in [0.25, 0.3) is 5.57 Å². The minimum absolute atomic E-state index is 0.0765. The topological polar surface area (TPSA) is 55.8 Å². The Balaban J connectivity index is 2.09. The average molecular weight is 282 g/mol. The number of hydrogen-bond acceptors (Lipinski definition) is 3. The first-order valence-corrected chi connectivity index (χ1v) is 6.53. The van der Waals surface area contributed by atoms with Crippen molar-refractivity contribution >= 4 is 11.5 Å². The standard InChI is InChI=1S/C17H14O4/c1-20-16-13(5-2-6-14(16)17(18)19)11-7-8-15-12(10-11)4-3-9-21-15/h2-10,15H,1H3,(H,18,19). The summed E-state index contributed by atoms with van der Waals surface area (Å²) in [6.07, 6.45) is 11.2. The zero-order valence-corrected chi connectivity index (χ0v) is 11.4. The Morgan fingerprint density at radius 2 is 2.24 bits per heavy atom. The monoisotopic (exact) mass is 282 g/mol. The van der Waals surface area contributed by atoms with Crippen LogP contribution in [0.1, 0.15) is 15.9 Å². The fraction of sp³-hybridized carbons (Fsp3) is 0.118. The Labute approximate surface area is 122 Å². The van der Waals surface area contributed by atoms with Crippen LogP contribution in [0.4, 0.5) is 0 Å². The van der Waals surface area contributed by atoms with Gasteiger partial charge in [-0.25, -0.2) is 4.79 Å². The lowest BCUT2D eigenvalue weighted by molar-refractivity contribution is 0.0693. The molecule has 1 aromatic rings. The molecule has 0 saturated heterocycles. The maximum absolute atomic E-state index is 11.3. The molecule has 1 aliphatic carbocycles. The number of carboxylic acid groups (broad SMARTS) is 1. The van der Waals surface area contributed by atoms with Crippen molar-refractivity contribution in [2.24, 2.45) is 0 Å². The number of carbonyl (C=O) groups is 1. The van der Waals surface area contributed by atoms with Crippen molar-refractivity contribution in [1.29, 1.82) is 0 Å². The number of carboxylic acids is 1. The molecule has 1 unspecified atom stereocenters. The molecular formula is C17H14O4. The summed E-state index contributed by atoms with van der Waals surface area (Å²) in [6.45, 7) is 0. The van der Waals surface area contributed by atoms with Crippen molar-refractivity contribution in [2.75, 3.05) is 7.11 Å². The number of benzene rings is 1. The molecule has 2 aliphatic rings. The molecule has 0 fully saturated rings. The Hall–Kier alpha value is -2.75. The van der Waals surface area contributed by atoms with E-state index in [1.54, 1.807) is 12.3 Å². The molecule has 0 aromatic heterocycles. The van der Waals surface area contributed by atoms with Crippen molar-refractivity contribution in [1.82, 2.24) is 0 Å². The van der Waals surface area contributed by atoms with E-state index < -0.39 is 5.97 Å². The molecule has 0 bridgehead atoms. The second-order valence-electron chi connectivity index (χ2n) is 4.70. The van der Waals surface area contributed by atoms with E-state index in [1.165, 1.54) is 13.2 Å². The predicted octanol–water partition coefficient (Wildman–Crippen LogP) is 3.19. The second-order valence-corrected chi connectivity index (χ2v) is 4.70. The molecule has 106 valence electrons. The summed E-state index contributed by atoms with van der Waals surface area (Å²) in [5.41, 5.74) is 2.83. The van der Waals surface area contributed by atoms with Crippen LogP contribution in [0.15, 0.2) is 60.4 Å². The van der Waals surface area contributed by atoms with E-state index in [9.17, 15) is 9.90 Å². The van der Waals surface area contributed by atoms with Gasteiger partial charge in [-0.15, -0.1) is 0 Å². The largest absolute Gasteiger partial charge is 0.495 e. The van der Waals surface area contributed by atoms with E-state index in [0.29, 0.717) is 5.75 Å². The average Bonchev–Trinajstić information content (AvgIpc) is 2.53.